The SMILES string of the molecule is CCOC(=O)C(C)(O)CCC(=O)c1ncc(C(=O)NC(c2ccccc2)c2ccccc2)c(=O)[nH]1. The highest BCUT2D eigenvalue weighted by atomic mass is 16.5. The third kappa shape index (κ3) is 6.48. The molecule has 0 aliphatic heterocycles. The fraction of sp³-hybridized carbons (Fsp3) is 0.269. The topological polar surface area (TPSA) is 138 Å². The van der Waals surface area contributed by atoms with Crippen LogP contribution >= 0.6 is 0 Å². The number of aromatic nitrogens is 2. The Morgan fingerprint density at radius 2 is 1.63 bits per heavy atom. The average Bonchev–Trinajstić information content (AvgIpc) is 2.86. The Hall–Kier alpha value is -4.11. The summed E-state index contributed by atoms with van der Waals surface area (Å²) in [5, 5.41) is 13.0. The first kappa shape index (κ1) is 25.5. The van der Waals surface area contributed by atoms with Gasteiger partial charge in [0.05, 0.1) is 12.6 Å². The largest absolute Gasteiger partial charge is 0.464 e. The fourth-order valence-electron chi connectivity index (χ4n) is 3.42. The van der Waals surface area contributed by atoms with Crippen molar-refractivity contribution in [1.29, 1.82) is 0 Å². The first-order chi connectivity index (χ1) is 16.7. The Balaban J connectivity index is 1.75. The van der Waals surface area contributed by atoms with E-state index in [1.807, 2.05) is 60.7 Å². The van der Waals surface area contributed by atoms with Crippen LogP contribution in [0, 0.1) is 0 Å². The minimum atomic E-state index is -1.85. The second-order valence-electron chi connectivity index (χ2n) is 8.12. The molecule has 2 aromatic carbocycles. The Labute approximate surface area is 202 Å². The number of aromatic amines is 1. The van der Waals surface area contributed by atoms with E-state index in [0.717, 1.165) is 17.3 Å². The predicted octanol–water partition coefficient (Wildman–Crippen LogP) is 2.57. The second-order valence-corrected chi connectivity index (χ2v) is 8.12. The molecule has 35 heavy (non-hydrogen) atoms. The molecule has 0 saturated carbocycles. The van der Waals surface area contributed by atoms with E-state index >= 15 is 0 Å². The van der Waals surface area contributed by atoms with E-state index in [0.29, 0.717) is 0 Å². The molecule has 0 bridgehead atoms. The van der Waals surface area contributed by atoms with Crippen molar-refractivity contribution in [2.45, 2.75) is 38.3 Å². The summed E-state index contributed by atoms with van der Waals surface area (Å²) in [5.74, 6) is -2.35. The first-order valence-corrected chi connectivity index (χ1v) is 11.2. The second kappa shape index (κ2) is 11.3. The number of carbonyl (C=O) groups is 3. The van der Waals surface area contributed by atoms with Crippen LogP contribution in [0.2, 0.25) is 0 Å². The molecule has 1 unspecified atom stereocenters. The number of carbonyl (C=O) groups excluding carboxylic acids is 3. The van der Waals surface area contributed by atoms with E-state index in [9.17, 15) is 24.3 Å². The number of hydrogen-bond acceptors (Lipinski definition) is 7. The van der Waals surface area contributed by atoms with Crippen molar-refractivity contribution in [2.75, 3.05) is 6.61 Å². The highest BCUT2D eigenvalue weighted by Gasteiger charge is 2.32. The summed E-state index contributed by atoms with van der Waals surface area (Å²) in [6.07, 6.45) is 0.564. The number of nitrogens with zero attached hydrogens (tertiary/aromatic N) is 1. The van der Waals surface area contributed by atoms with Gasteiger partial charge in [-0.15, -0.1) is 0 Å². The number of ether oxygens (including phenoxy) is 1. The van der Waals surface area contributed by atoms with Crippen LogP contribution in [-0.2, 0) is 9.53 Å². The highest BCUT2D eigenvalue weighted by molar-refractivity contribution is 5.96. The molecule has 9 heteroatoms. The summed E-state index contributed by atoms with van der Waals surface area (Å²) in [7, 11) is 0. The molecule has 1 amide bonds. The van der Waals surface area contributed by atoms with Crippen LogP contribution in [0.3, 0.4) is 0 Å². The number of benzene rings is 2. The molecule has 9 nitrogen and oxygen atoms in total. The van der Waals surface area contributed by atoms with E-state index in [2.05, 4.69) is 15.3 Å². The number of hydrogen-bond donors (Lipinski definition) is 3. The smallest absolute Gasteiger partial charge is 0.337 e. The van der Waals surface area contributed by atoms with Crippen LogP contribution in [-0.4, -0.2) is 44.9 Å². The zero-order valence-electron chi connectivity index (χ0n) is 19.5. The minimum absolute atomic E-state index is 0.0940. The summed E-state index contributed by atoms with van der Waals surface area (Å²) < 4.78 is 4.78. The van der Waals surface area contributed by atoms with Gasteiger partial charge >= 0.3 is 5.97 Å². The molecule has 3 aromatic rings. The maximum Gasteiger partial charge on any atom is 0.337 e. The van der Waals surface area contributed by atoms with Crippen molar-refractivity contribution in [3.8, 4) is 0 Å². The molecule has 1 heterocycles. The minimum Gasteiger partial charge on any atom is -0.464 e. The predicted molar refractivity (Wildman–Crippen MR) is 128 cm³/mol. The molecular weight excluding hydrogens is 450 g/mol. The van der Waals surface area contributed by atoms with Gasteiger partial charge in [0.15, 0.2) is 17.2 Å². The molecule has 0 fully saturated rings. The van der Waals surface area contributed by atoms with Crippen LogP contribution in [0.5, 0.6) is 0 Å². The number of rotatable bonds is 10. The van der Waals surface area contributed by atoms with Crippen LogP contribution in [0.25, 0.3) is 0 Å². The normalized spacial score (nSPS) is 12.6. The maximum absolute atomic E-state index is 13.0. The third-order valence-electron chi connectivity index (χ3n) is 5.40. The van der Waals surface area contributed by atoms with Crippen molar-refractivity contribution < 1.29 is 24.2 Å². The standard InChI is InChI=1S/C26H27N3O6/c1-3-35-25(33)26(2,34)15-14-20(30)22-27-16-19(24(32)29-22)23(31)28-21(17-10-6-4-7-11-17)18-12-8-5-9-13-18/h4-13,16,21,34H,3,14-15H2,1-2H3,(H,28,31)(H,27,29,32). The number of esters is 1. The summed E-state index contributed by atoms with van der Waals surface area (Å²) in [5.41, 5.74) is -1.22. The lowest BCUT2D eigenvalue weighted by Crippen LogP contribution is -2.37. The van der Waals surface area contributed by atoms with E-state index < -0.39 is 34.9 Å². The number of H-pyrrole nitrogens is 1. The van der Waals surface area contributed by atoms with Gasteiger partial charge in [-0.1, -0.05) is 60.7 Å². The molecule has 3 N–H and O–H groups in total. The van der Waals surface area contributed by atoms with Gasteiger partial charge in [-0.2, -0.15) is 0 Å². The molecule has 1 aromatic heterocycles. The van der Waals surface area contributed by atoms with Crippen molar-refractivity contribution in [3.63, 3.8) is 0 Å². The van der Waals surface area contributed by atoms with Crippen LogP contribution in [0.4, 0.5) is 0 Å². The van der Waals surface area contributed by atoms with Gasteiger partial charge in [-0.25, -0.2) is 9.78 Å². The summed E-state index contributed by atoms with van der Waals surface area (Å²) in [6.45, 7) is 2.95. The third-order valence-corrected chi connectivity index (χ3v) is 5.40. The molecular formula is C26H27N3O6. The Kier molecular flexibility index (Phi) is 8.27. The summed E-state index contributed by atoms with van der Waals surface area (Å²) in [4.78, 5) is 56.1. The van der Waals surface area contributed by atoms with E-state index in [4.69, 9.17) is 4.74 Å². The van der Waals surface area contributed by atoms with Gasteiger partial charge in [0.1, 0.15) is 5.56 Å². The van der Waals surface area contributed by atoms with Crippen molar-refractivity contribution >= 4 is 17.7 Å². The number of ketones is 1. The maximum atomic E-state index is 13.0. The lowest BCUT2D eigenvalue weighted by atomic mass is 9.98. The summed E-state index contributed by atoms with van der Waals surface area (Å²) in [6, 6.07) is 18.1. The van der Waals surface area contributed by atoms with Gasteiger partial charge in [-0.3, -0.25) is 14.4 Å². The Morgan fingerprint density at radius 3 is 2.14 bits per heavy atom. The number of aliphatic hydroxyl groups is 1. The van der Waals surface area contributed by atoms with Gasteiger partial charge in [0, 0.05) is 12.6 Å². The van der Waals surface area contributed by atoms with Gasteiger partial charge in [-0.05, 0) is 31.4 Å². The van der Waals surface area contributed by atoms with Gasteiger partial charge in [0.25, 0.3) is 11.5 Å². The molecule has 0 aliphatic rings. The van der Waals surface area contributed by atoms with Crippen molar-refractivity contribution in [2.24, 2.45) is 0 Å². The van der Waals surface area contributed by atoms with Crippen molar-refractivity contribution in [1.82, 2.24) is 15.3 Å². The lowest BCUT2D eigenvalue weighted by Gasteiger charge is -2.20. The lowest BCUT2D eigenvalue weighted by molar-refractivity contribution is -0.163. The van der Waals surface area contributed by atoms with Crippen molar-refractivity contribution in [3.05, 3.63) is 99.7 Å². The monoisotopic (exact) mass is 477 g/mol. The number of amides is 1. The van der Waals surface area contributed by atoms with E-state index in [-0.39, 0.29) is 30.8 Å². The molecule has 3 rings (SSSR count). The van der Waals surface area contributed by atoms with E-state index in [1.165, 1.54) is 6.92 Å². The molecule has 0 radical (unpaired) electrons. The van der Waals surface area contributed by atoms with Crippen LogP contribution in [0.15, 0.2) is 71.7 Å². The van der Waals surface area contributed by atoms with Gasteiger partial charge < -0.3 is 20.1 Å². The Bertz CT molecular complexity index is 1200. The van der Waals surface area contributed by atoms with Crippen LogP contribution < -0.4 is 10.9 Å². The van der Waals surface area contributed by atoms with Crippen LogP contribution in [0.1, 0.15) is 64.8 Å². The highest BCUT2D eigenvalue weighted by Crippen LogP contribution is 2.22. The van der Waals surface area contributed by atoms with E-state index in [1.54, 1.807) is 6.92 Å². The number of nitrogens with one attached hydrogen (secondary N) is 2. The average molecular weight is 478 g/mol. The Morgan fingerprint density at radius 1 is 1.06 bits per heavy atom. The number of Topliss-reactive ketones (excluding diaryl/α,β-unsaturated/α-hetero) is 1. The summed E-state index contributed by atoms with van der Waals surface area (Å²) >= 11 is 0. The first-order valence-electron chi connectivity index (χ1n) is 11.2. The molecule has 1 atom stereocenters. The molecule has 0 aliphatic carbocycles. The molecule has 182 valence electrons. The zero-order chi connectivity index (χ0) is 25.4. The molecule has 0 saturated heterocycles. The zero-order valence-corrected chi connectivity index (χ0v) is 19.5. The molecule has 0 spiro atoms. The van der Waals surface area contributed by atoms with Gasteiger partial charge in [0.2, 0.25) is 0 Å². The fourth-order valence-corrected chi connectivity index (χ4v) is 3.42. The quantitative estimate of drug-likeness (QED) is 0.301.